The number of rotatable bonds is 3. The summed E-state index contributed by atoms with van der Waals surface area (Å²) in [4.78, 5) is 14.2. The Kier molecular flexibility index (Phi) is 5.65. The number of hydrogen-bond acceptors (Lipinski definition) is 3. The van der Waals surface area contributed by atoms with Crippen LogP contribution in [0.1, 0.15) is 28.8 Å². The molecule has 142 valence electrons. The summed E-state index contributed by atoms with van der Waals surface area (Å²) in [6.07, 6.45) is -2.50. The van der Waals surface area contributed by atoms with Gasteiger partial charge < -0.3 is 10.2 Å². The van der Waals surface area contributed by atoms with Crippen LogP contribution in [0, 0.1) is 0 Å². The second-order valence-corrected chi connectivity index (χ2v) is 6.61. The van der Waals surface area contributed by atoms with Crippen molar-refractivity contribution in [1.82, 2.24) is 5.32 Å². The lowest BCUT2D eigenvalue weighted by molar-refractivity contribution is -0.137. The number of alkyl halides is 3. The molecule has 27 heavy (non-hydrogen) atoms. The third-order valence-electron chi connectivity index (χ3n) is 4.28. The Morgan fingerprint density at radius 3 is 2.33 bits per heavy atom. The van der Waals surface area contributed by atoms with Crippen LogP contribution in [0.15, 0.2) is 48.5 Å². The molecule has 0 atom stereocenters. The highest BCUT2D eigenvalue weighted by Crippen LogP contribution is 2.36. The summed E-state index contributed by atoms with van der Waals surface area (Å²) in [5, 5.41) is 5.21. The minimum Gasteiger partial charge on any atom is -0.370 e. The van der Waals surface area contributed by atoms with Crippen LogP contribution in [0.5, 0.6) is 0 Å². The number of thiocarbonyl (C=S) groups is 1. The van der Waals surface area contributed by atoms with E-state index in [-0.39, 0.29) is 10.8 Å². The van der Waals surface area contributed by atoms with Crippen molar-refractivity contribution < 1.29 is 18.0 Å². The van der Waals surface area contributed by atoms with E-state index in [9.17, 15) is 18.0 Å². The number of carbonyl (C=O) groups excluding carboxylic acids is 1. The van der Waals surface area contributed by atoms with Crippen LogP contribution in [0.25, 0.3) is 0 Å². The molecule has 1 aliphatic rings. The van der Waals surface area contributed by atoms with Gasteiger partial charge in [-0.25, -0.2) is 0 Å². The molecule has 2 aromatic rings. The highest BCUT2D eigenvalue weighted by atomic mass is 32.1. The first-order valence-electron chi connectivity index (χ1n) is 8.48. The summed E-state index contributed by atoms with van der Waals surface area (Å²) in [5.74, 6) is -0.428. The number of nitrogens with one attached hydrogen (secondary N) is 2. The van der Waals surface area contributed by atoms with E-state index in [1.54, 1.807) is 30.3 Å². The molecule has 1 saturated heterocycles. The molecule has 0 saturated carbocycles. The van der Waals surface area contributed by atoms with Gasteiger partial charge in [0.05, 0.1) is 16.9 Å². The molecule has 1 amide bonds. The Balaban J connectivity index is 1.80. The van der Waals surface area contributed by atoms with Crippen LogP contribution in [0.2, 0.25) is 0 Å². The van der Waals surface area contributed by atoms with E-state index in [2.05, 4.69) is 10.6 Å². The monoisotopic (exact) mass is 393 g/mol. The van der Waals surface area contributed by atoms with Crippen molar-refractivity contribution in [3.05, 3.63) is 59.7 Å². The maximum Gasteiger partial charge on any atom is 0.416 e. The van der Waals surface area contributed by atoms with Crippen molar-refractivity contribution in [2.24, 2.45) is 0 Å². The predicted molar refractivity (Wildman–Crippen MR) is 103 cm³/mol. The first-order chi connectivity index (χ1) is 12.8. The van der Waals surface area contributed by atoms with Gasteiger partial charge in [0.25, 0.3) is 5.91 Å². The summed E-state index contributed by atoms with van der Waals surface area (Å²) < 4.78 is 39.3. The molecule has 4 nitrogen and oxygen atoms in total. The minimum absolute atomic E-state index is 0.0522. The van der Waals surface area contributed by atoms with Crippen molar-refractivity contribution in [2.75, 3.05) is 23.3 Å². The summed E-state index contributed by atoms with van der Waals surface area (Å²) in [7, 11) is 0. The van der Waals surface area contributed by atoms with Crippen molar-refractivity contribution in [3.8, 4) is 0 Å². The fourth-order valence-corrected chi connectivity index (χ4v) is 3.17. The minimum atomic E-state index is -4.46. The Morgan fingerprint density at radius 1 is 1.04 bits per heavy atom. The SMILES string of the molecule is O=C(NC(=S)Nc1cc(C(F)(F)F)ccc1N1CCCC1)c1ccccc1. The number of carbonyl (C=O) groups is 1. The topological polar surface area (TPSA) is 44.4 Å². The summed E-state index contributed by atoms with van der Waals surface area (Å²) in [6.45, 7) is 1.53. The molecule has 0 aliphatic carbocycles. The Bertz CT molecular complexity index is 834. The van der Waals surface area contributed by atoms with Gasteiger partial charge in [0.15, 0.2) is 5.11 Å². The van der Waals surface area contributed by atoms with Gasteiger partial charge in [0.2, 0.25) is 0 Å². The van der Waals surface area contributed by atoms with Gasteiger partial charge in [-0.2, -0.15) is 13.2 Å². The van der Waals surface area contributed by atoms with E-state index >= 15 is 0 Å². The molecule has 8 heteroatoms. The molecule has 3 rings (SSSR count). The molecule has 0 radical (unpaired) electrons. The van der Waals surface area contributed by atoms with Gasteiger partial charge in [0, 0.05) is 18.7 Å². The Hall–Kier alpha value is -2.61. The maximum absolute atomic E-state index is 13.1. The molecule has 2 aromatic carbocycles. The molecule has 2 N–H and O–H groups in total. The Morgan fingerprint density at radius 2 is 1.70 bits per heavy atom. The average Bonchev–Trinajstić information content (AvgIpc) is 3.16. The van der Waals surface area contributed by atoms with Crippen LogP contribution in [-0.4, -0.2) is 24.1 Å². The van der Waals surface area contributed by atoms with E-state index in [1.165, 1.54) is 6.07 Å². The molecule has 0 unspecified atom stereocenters. The van der Waals surface area contributed by atoms with Crippen LogP contribution in [0.4, 0.5) is 24.5 Å². The highest BCUT2D eigenvalue weighted by Gasteiger charge is 2.31. The maximum atomic E-state index is 13.1. The smallest absolute Gasteiger partial charge is 0.370 e. The van der Waals surface area contributed by atoms with E-state index in [0.717, 1.165) is 38.1 Å². The fourth-order valence-electron chi connectivity index (χ4n) is 2.96. The quantitative estimate of drug-likeness (QED) is 0.757. The lowest BCUT2D eigenvalue weighted by atomic mass is 10.1. The first kappa shape index (κ1) is 19.2. The highest BCUT2D eigenvalue weighted by molar-refractivity contribution is 7.80. The first-order valence-corrected chi connectivity index (χ1v) is 8.89. The van der Waals surface area contributed by atoms with Crippen LogP contribution in [-0.2, 0) is 6.18 Å². The third kappa shape index (κ3) is 4.77. The molecule has 0 aromatic heterocycles. The van der Waals surface area contributed by atoms with E-state index in [1.807, 2.05) is 4.90 Å². The van der Waals surface area contributed by atoms with Crippen molar-refractivity contribution in [2.45, 2.75) is 19.0 Å². The molecule has 0 bridgehead atoms. The van der Waals surface area contributed by atoms with Gasteiger partial charge in [-0.1, -0.05) is 18.2 Å². The molecule has 1 aliphatic heterocycles. The molecular weight excluding hydrogens is 375 g/mol. The van der Waals surface area contributed by atoms with Crippen LogP contribution in [0.3, 0.4) is 0 Å². The standard InChI is InChI=1S/C19H18F3N3OS/c20-19(21,22)14-8-9-16(25-10-4-5-11-25)15(12-14)23-18(27)24-17(26)13-6-2-1-3-7-13/h1-3,6-9,12H,4-5,10-11H2,(H2,23,24,26,27). The fraction of sp³-hybridized carbons (Fsp3) is 0.263. The van der Waals surface area contributed by atoms with E-state index < -0.39 is 17.6 Å². The van der Waals surface area contributed by atoms with E-state index in [4.69, 9.17) is 12.2 Å². The molecule has 1 fully saturated rings. The lowest BCUT2D eigenvalue weighted by Gasteiger charge is -2.23. The molecule has 1 heterocycles. The number of hydrogen-bond donors (Lipinski definition) is 2. The number of nitrogens with zero attached hydrogens (tertiary/aromatic N) is 1. The van der Waals surface area contributed by atoms with Gasteiger partial charge in [0.1, 0.15) is 0 Å². The number of amides is 1. The Labute approximate surface area is 160 Å². The summed E-state index contributed by atoms with van der Waals surface area (Å²) in [5.41, 5.74) is 0.498. The van der Waals surface area contributed by atoms with Gasteiger partial charge in [-0.3, -0.25) is 10.1 Å². The zero-order chi connectivity index (χ0) is 19.4. The van der Waals surface area contributed by atoms with Gasteiger partial charge in [-0.05, 0) is 55.4 Å². The molecule has 0 spiro atoms. The largest absolute Gasteiger partial charge is 0.416 e. The predicted octanol–water partition coefficient (Wildman–Crippen LogP) is 4.43. The van der Waals surface area contributed by atoms with Crippen LogP contribution >= 0.6 is 12.2 Å². The lowest BCUT2D eigenvalue weighted by Crippen LogP contribution is -2.34. The number of halogens is 3. The molecular formula is C19H18F3N3OS. The number of anilines is 2. The zero-order valence-corrected chi connectivity index (χ0v) is 15.2. The van der Waals surface area contributed by atoms with Gasteiger partial charge >= 0.3 is 6.18 Å². The van der Waals surface area contributed by atoms with Crippen molar-refractivity contribution >= 4 is 34.6 Å². The zero-order valence-electron chi connectivity index (χ0n) is 14.3. The normalized spacial score (nSPS) is 14.1. The second-order valence-electron chi connectivity index (χ2n) is 6.20. The van der Waals surface area contributed by atoms with Crippen LogP contribution < -0.4 is 15.5 Å². The third-order valence-corrected chi connectivity index (χ3v) is 4.49. The van der Waals surface area contributed by atoms with Crippen molar-refractivity contribution in [1.29, 1.82) is 0 Å². The second kappa shape index (κ2) is 7.96. The average molecular weight is 393 g/mol. The van der Waals surface area contributed by atoms with E-state index in [0.29, 0.717) is 11.3 Å². The summed E-state index contributed by atoms with van der Waals surface area (Å²) >= 11 is 5.14. The van der Waals surface area contributed by atoms with Gasteiger partial charge in [-0.15, -0.1) is 0 Å². The number of benzene rings is 2. The van der Waals surface area contributed by atoms with Crippen molar-refractivity contribution in [3.63, 3.8) is 0 Å². The summed E-state index contributed by atoms with van der Waals surface area (Å²) in [6, 6.07) is 12.0.